The first kappa shape index (κ1) is 13.7. The normalized spacial score (nSPS) is 19.3. The number of unbranched alkanes of at least 4 members (excludes halogenated alkanes) is 1. The van der Waals surface area contributed by atoms with Gasteiger partial charge in [-0.25, -0.2) is 0 Å². The smallest absolute Gasteiger partial charge is 0.139 e. The van der Waals surface area contributed by atoms with Gasteiger partial charge in [-0.2, -0.15) is 0 Å². The molecule has 1 atom stereocenters. The number of anilines is 1. The van der Waals surface area contributed by atoms with Gasteiger partial charge in [0.15, 0.2) is 0 Å². The SMILES string of the molecule is CC1CCc2ccccc2N1CCCCC(N)=NO. The average Bonchev–Trinajstić information content (AvgIpc) is 2.45. The van der Waals surface area contributed by atoms with Gasteiger partial charge < -0.3 is 15.8 Å². The number of amidine groups is 1. The molecule has 0 fully saturated rings. The van der Waals surface area contributed by atoms with Crippen LogP contribution < -0.4 is 10.6 Å². The van der Waals surface area contributed by atoms with E-state index in [0.29, 0.717) is 18.3 Å². The largest absolute Gasteiger partial charge is 0.409 e. The molecule has 2 rings (SSSR count). The molecule has 4 nitrogen and oxygen atoms in total. The summed E-state index contributed by atoms with van der Waals surface area (Å²) in [5, 5.41) is 11.5. The maximum absolute atomic E-state index is 8.51. The fraction of sp³-hybridized carbons (Fsp3) is 0.533. The summed E-state index contributed by atoms with van der Waals surface area (Å²) in [4.78, 5) is 2.49. The van der Waals surface area contributed by atoms with Gasteiger partial charge in [-0.3, -0.25) is 0 Å². The number of rotatable bonds is 5. The van der Waals surface area contributed by atoms with Gasteiger partial charge in [-0.15, -0.1) is 0 Å². The van der Waals surface area contributed by atoms with Crippen molar-refractivity contribution in [1.82, 2.24) is 0 Å². The van der Waals surface area contributed by atoms with Crippen LogP contribution in [-0.4, -0.2) is 23.6 Å². The quantitative estimate of drug-likeness (QED) is 0.282. The van der Waals surface area contributed by atoms with Crippen LogP contribution in [0.3, 0.4) is 0 Å². The molecule has 4 heteroatoms. The Kier molecular flexibility index (Phi) is 4.66. The summed E-state index contributed by atoms with van der Waals surface area (Å²) in [5.74, 6) is 0.326. The van der Waals surface area contributed by atoms with Gasteiger partial charge in [0.2, 0.25) is 0 Å². The van der Waals surface area contributed by atoms with Crippen LogP contribution in [0.5, 0.6) is 0 Å². The number of benzene rings is 1. The third kappa shape index (κ3) is 3.40. The number of fused-ring (bicyclic) bond motifs is 1. The molecule has 0 saturated carbocycles. The van der Waals surface area contributed by atoms with Gasteiger partial charge in [-0.1, -0.05) is 23.4 Å². The average molecular weight is 261 g/mol. The molecule has 3 N–H and O–H groups in total. The number of para-hydroxylation sites is 1. The van der Waals surface area contributed by atoms with Crippen LogP contribution in [0, 0.1) is 0 Å². The Morgan fingerprint density at radius 1 is 1.42 bits per heavy atom. The van der Waals surface area contributed by atoms with E-state index in [1.165, 1.54) is 24.1 Å². The van der Waals surface area contributed by atoms with E-state index in [1.807, 2.05) is 0 Å². The summed E-state index contributed by atoms with van der Waals surface area (Å²) < 4.78 is 0. The molecule has 1 aliphatic rings. The molecule has 0 bridgehead atoms. The van der Waals surface area contributed by atoms with Crippen LogP contribution in [0.25, 0.3) is 0 Å². The number of hydrogen-bond acceptors (Lipinski definition) is 3. The molecule has 104 valence electrons. The predicted molar refractivity (Wildman–Crippen MR) is 78.8 cm³/mol. The topological polar surface area (TPSA) is 61.8 Å². The van der Waals surface area contributed by atoms with Crippen molar-refractivity contribution in [3.05, 3.63) is 29.8 Å². The van der Waals surface area contributed by atoms with Crippen molar-refractivity contribution >= 4 is 11.5 Å². The number of hydrogen-bond donors (Lipinski definition) is 2. The number of nitrogens with zero attached hydrogens (tertiary/aromatic N) is 2. The van der Waals surface area contributed by atoms with E-state index in [2.05, 4.69) is 41.2 Å². The van der Waals surface area contributed by atoms with Crippen LogP contribution in [0.1, 0.15) is 38.2 Å². The Balaban J connectivity index is 1.92. The zero-order valence-electron chi connectivity index (χ0n) is 11.5. The minimum Gasteiger partial charge on any atom is -0.409 e. The number of aryl methyl sites for hydroxylation is 1. The Bertz CT molecular complexity index is 445. The van der Waals surface area contributed by atoms with Crippen molar-refractivity contribution in [1.29, 1.82) is 0 Å². The lowest BCUT2D eigenvalue weighted by Crippen LogP contribution is -2.38. The molecule has 1 aliphatic heterocycles. The number of nitrogens with two attached hydrogens (primary N) is 1. The van der Waals surface area contributed by atoms with Gasteiger partial charge >= 0.3 is 0 Å². The summed E-state index contributed by atoms with van der Waals surface area (Å²) in [7, 11) is 0. The van der Waals surface area contributed by atoms with Gasteiger partial charge in [-0.05, 0) is 44.2 Å². The van der Waals surface area contributed by atoms with Crippen LogP contribution in [-0.2, 0) is 6.42 Å². The zero-order chi connectivity index (χ0) is 13.7. The van der Waals surface area contributed by atoms with Crippen molar-refractivity contribution in [3.63, 3.8) is 0 Å². The van der Waals surface area contributed by atoms with E-state index in [1.54, 1.807) is 0 Å². The summed E-state index contributed by atoms with van der Waals surface area (Å²) in [6.07, 6.45) is 5.09. The monoisotopic (exact) mass is 261 g/mol. The highest BCUT2D eigenvalue weighted by atomic mass is 16.4. The maximum atomic E-state index is 8.51. The zero-order valence-corrected chi connectivity index (χ0v) is 11.5. The van der Waals surface area contributed by atoms with Crippen LogP contribution in [0.15, 0.2) is 29.4 Å². The summed E-state index contributed by atoms with van der Waals surface area (Å²) in [5.41, 5.74) is 8.32. The third-order valence-corrected chi connectivity index (χ3v) is 3.87. The van der Waals surface area contributed by atoms with Crippen LogP contribution in [0.2, 0.25) is 0 Å². The van der Waals surface area contributed by atoms with Crippen LogP contribution in [0.4, 0.5) is 5.69 Å². The fourth-order valence-electron chi connectivity index (χ4n) is 2.74. The molecule has 1 aromatic rings. The first-order valence-corrected chi connectivity index (χ1v) is 7.03. The standard InChI is InChI=1S/C15H23N3O/c1-12-9-10-13-6-2-3-7-14(13)18(12)11-5-4-8-15(16)17-19/h2-3,6-7,12,19H,4-5,8-11H2,1H3,(H2,16,17). The highest BCUT2D eigenvalue weighted by Gasteiger charge is 2.21. The summed E-state index contributed by atoms with van der Waals surface area (Å²) in [6.45, 7) is 3.33. The summed E-state index contributed by atoms with van der Waals surface area (Å²) >= 11 is 0. The molecule has 1 heterocycles. The second kappa shape index (κ2) is 6.45. The Morgan fingerprint density at radius 3 is 3.00 bits per heavy atom. The lowest BCUT2D eigenvalue weighted by atomic mass is 9.96. The van der Waals surface area contributed by atoms with Crippen LogP contribution >= 0.6 is 0 Å². The predicted octanol–water partition coefficient (Wildman–Crippen LogP) is 2.74. The van der Waals surface area contributed by atoms with Gasteiger partial charge in [0.1, 0.15) is 5.84 Å². The Labute approximate surface area is 114 Å². The van der Waals surface area contributed by atoms with Gasteiger partial charge in [0.25, 0.3) is 0 Å². The fourth-order valence-corrected chi connectivity index (χ4v) is 2.74. The summed E-state index contributed by atoms with van der Waals surface area (Å²) in [6, 6.07) is 9.27. The van der Waals surface area contributed by atoms with Crippen molar-refractivity contribution in [2.75, 3.05) is 11.4 Å². The van der Waals surface area contributed by atoms with E-state index in [4.69, 9.17) is 10.9 Å². The van der Waals surface area contributed by atoms with Crippen molar-refractivity contribution in [2.24, 2.45) is 10.9 Å². The number of oxime groups is 1. The third-order valence-electron chi connectivity index (χ3n) is 3.87. The molecule has 1 unspecified atom stereocenters. The molecule has 0 saturated heterocycles. The van der Waals surface area contributed by atoms with E-state index in [0.717, 1.165) is 19.4 Å². The highest BCUT2D eigenvalue weighted by Crippen LogP contribution is 2.30. The van der Waals surface area contributed by atoms with E-state index in [9.17, 15) is 0 Å². The van der Waals surface area contributed by atoms with E-state index >= 15 is 0 Å². The van der Waals surface area contributed by atoms with Crippen molar-refractivity contribution < 1.29 is 5.21 Å². The van der Waals surface area contributed by atoms with Gasteiger partial charge in [0, 0.05) is 24.7 Å². The molecular formula is C15H23N3O. The Morgan fingerprint density at radius 2 is 2.21 bits per heavy atom. The first-order valence-electron chi connectivity index (χ1n) is 7.03. The van der Waals surface area contributed by atoms with Gasteiger partial charge in [0.05, 0.1) is 0 Å². The van der Waals surface area contributed by atoms with E-state index < -0.39 is 0 Å². The maximum Gasteiger partial charge on any atom is 0.139 e. The van der Waals surface area contributed by atoms with Crippen molar-refractivity contribution in [3.8, 4) is 0 Å². The lowest BCUT2D eigenvalue weighted by molar-refractivity contribution is 0.316. The minimum atomic E-state index is 0.326. The highest BCUT2D eigenvalue weighted by molar-refractivity contribution is 5.79. The molecule has 19 heavy (non-hydrogen) atoms. The minimum absolute atomic E-state index is 0.326. The molecule has 0 aliphatic carbocycles. The molecule has 0 radical (unpaired) electrons. The Hall–Kier alpha value is -1.71. The first-order chi connectivity index (χ1) is 9.22. The van der Waals surface area contributed by atoms with Crippen molar-refractivity contribution in [2.45, 2.75) is 45.1 Å². The molecule has 0 spiro atoms. The molecule has 0 amide bonds. The molecule has 0 aromatic heterocycles. The molecular weight excluding hydrogens is 238 g/mol. The second-order valence-corrected chi connectivity index (χ2v) is 5.26. The van der Waals surface area contributed by atoms with E-state index in [-0.39, 0.29) is 0 Å². The molecule has 1 aromatic carbocycles. The lowest BCUT2D eigenvalue weighted by Gasteiger charge is -2.37. The second-order valence-electron chi connectivity index (χ2n) is 5.26.